The van der Waals surface area contributed by atoms with Crippen molar-refractivity contribution in [3.05, 3.63) is 0 Å². The lowest BCUT2D eigenvalue weighted by molar-refractivity contribution is -0.145. The number of fused-ring (bicyclic) bond motifs is 1. The summed E-state index contributed by atoms with van der Waals surface area (Å²) in [4.78, 5) is 66.3. The highest BCUT2D eigenvalue weighted by Gasteiger charge is 2.69. The highest BCUT2D eigenvalue weighted by atomic mass is 16.2. The molecule has 5 N–H and O–H groups in total. The van der Waals surface area contributed by atoms with E-state index in [1.54, 1.807) is 4.90 Å². The van der Waals surface area contributed by atoms with Gasteiger partial charge in [-0.05, 0) is 62.2 Å². The van der Waals surface area contributed by atoms with Crippen LogP contribution in [0.15, 0.2) is 0 Å². The standard InChI is InChI=1S/C28H47N5O5/c1-26(2,3)21(31-25(38)32-27(4,5)6)24(37)33-14-16-18(28(16,7)8)19(33)23(36)30-17(20(34)22(29)35)13-12-15-10-9-11-15/h15-19,21H,9-14H2,1-8H3,(H2,29,35)(H,30,36)(H2,31,32,38)/t16?,17?,18?,19-,21+/m0/s1. The van der Waals surface area contributed by atoms with Crippen molar-refractivity contribution in [1.82, 2.24) is 20.9 Å². The Kier molecular flexibility index (Phi) is 8.25. The first-order chi connectivity index (χ1) is 17.3. The van der Waals surface area contributed by atoms with Crippen LogP contribution in [0.1, 0.15) is 87.5 Å². The van der Waals surface area contributed by atoms with Gasteiger partial charge in [-0.3, -0.25) is 19.2 Å². The molecule has 3 unspecified atom stereocenters. The normalized spacial score (nSPS) is 25.9. The van der Waals surface area contributed by atoms with Gasteiger partial charge in [-0.25, -0.2) is 4.79 Å². The van der Waals surface area contributed by atoms with E-state index >= 15 is 0 Å². The fourth-order valence-electron chi connectivity index (χ4n) is 6.02. The second kappa shape index (κ2) is 10.5. The zero-order chi connectivity index (χ0) is 28.8. The van der Waals surface area contributed by atoms with Gasteiger partial charge in [0.05, 0.1) is 6.04 Å². The maximum atomic E-state index is 13.9. The number of amides is 5. The maximum absolute atomic E-state index is 13.9. The molecular formula is C28H47N5O5. The lowest BCUT2D eigenvalue weighted by Gasteiger charge is -2.38. The summed E-state index contributed by atoms with van der Waals surface area (Å²) >= 11 is 0. The fraction of sp³-hybridized carbons (Fsp3) is 0.821. The third kappa shape index (κ3) is 6.49. The molecule has 2 saturated carbocycles. The number of piperidine rings is 1. The third-order valence-corrected chi connectivity index (χ3v) is 8.60. The first-order valence-corrected chi connectivity index (χ1v) is 13.9. The van der Waals surface area contributed by atoms with Crippen LogP contribution in [0.25, 0.3) is 0 Å². The van der Waals surface area contributed by atoms with Gasteiger partial charge < -0.3 is 26.6 Å². The Hall–Kier alpha value is -2.65. The van der Waals surface area contributed by atoms with E-state index in [-0.39, 0.29) is 23.2 Å². The number of ketones is 1. The van der Waals surface area contributed by atoms with Crippen molar-refractivity contribution >= 4 is 29.5 Å². The molecule has 10 nitrogen and oxygen atoms in total. The van der Waals surface area contributed by atoms with E-state index in [9.17, 15) is 24.0 Å². The molecule has 0 aromatic carbocycles. The van der Waals surface area contributed by atoms with Crippen molar-refractivity contribution in [1.29, 1.82) is 0 Å². The van der Waals surface area contributed by atoms with Crippen LogP contribution < -0.4 is 21.7 Å². The molecule has 1 heterocycles. The number of carbonyl (C=O) groups excluding carboxylic acids is 5. The first kappa shape index (κ1) is 29.9. The fourth-order valence-corrected chi connectivity index (χ4v) is 6.02. The largest absolute Gasteiger partial charge is 0.363 e. The molecule has 3 fully saturated rings. The third-order valence-electron chi connectivity index (χ3n) is 8.60. The molecule has 10 heteroatoms. The number of rotatable bonds is 9. The molecule has 214 valence electrons. The van der Waals surface area contributed by atoms with Gasteiger partial charge in [0.25, 0.3) is 5.91 Å². The number of likely N-dealkylation sites (tertiary alicyclic amines) is 1. The van der Waals surface area contributed by atoms with Crippen molar-refractivity contribution in [2.45, 2.75) is 111 Å². The zero-order valence-corrected chi connectivity index (χ0v) is 24.3. The molecule has 0 spiro atoms. The molecule has 3 rings (SSSR count). The molecule has 5 amide bonds. The number of Topliss-reactive ketones (excluding diaryl/α,β-unsaturated/α-hetero) is 1. The average Bonchev–Trinajstić information content (AvgIpc) is 3.06. The smallest absolute Gasteiger partial charge is 0.315 e. The Balaban J connectivity index is 1.81. The molecule has 5 atom stereocenters. The summed E-state index contributed by atoms with van der Waals surface area (Å²) in [6.07, 6.45) is 4.39. The van der Waals surface area contributed by atoms with Crippen molar-refractivity contribution < 1.29 is 24.0 Å². The van der Waals surface area contributed by atoms with E-state index in [2.05, 4.69) is 29.8 Å². The average molecular weight is 534 g/mol. The maximum Gasteiger partial charge on any atom is 0.315 e. The lowest BCUT2D eigenvalue weighted by Crippen LogP contribution is -2.62. The minimum atomic E-state index is -1.07. The molecule has 0 aromatic heterocycles. The second-order valence-electron chi connectivity index (χ2n) is 14.2. The number of hydrogen-bond acceptors (Lipinski definition) is 5. The number of nitrogens with two attached hydrogens (primary N) is 1. The Morgan fingerprint density at radius 2 is 1.61 bits per heavy atom. The molecular weight excluding hydrogens is 486 g/mol. The monoisotopic (exact) mass is 533 g/mol. The van der Waals surface area contributed by atoms with E-state index in [4.69, 9.17) is 5.73 Å². The van der Waals surface area contributed by atoms with Gasteiger partial charge in [0.15, 0.2) is 0 Å². The summed E-state index contributed by atoms with van der Waals surface area (Å²) in [5.41, 5.74) is 4.05. The van der Waals surface area contributed by atoms with Crippen molar-refractivity contribution in [3.63, 3.8) is 0 Å². The number of nitrogens with zero attached hydrogens (tertiary/aromatic N) is 1. The SMILES string of the molecule is CC(C)(C)NC(=O)N[C@H](C(=O)N1CC2C([C@H]1C(=O)NC(CCC1CCC1)C(=O)C(N)=O)C2(C)C)C(C)(C)C. The van der Waals surface area contributed by atoms with Crippen LogP contribution in [0.3, 0.4) is 0 Å². The number of nitrogens with one attached hydrogen (secondary N) is 3. The highest BCUT2D eigenvalue weighted by Crippen LogP contribution is 2.65. The van der Waals surface area contributed by atoms with E-state index < -0.39 is 52.7 Å². The van der Waals surface area contributed by atoms with Gasteiger partial charge in [-0.1, -0.05) is 53.9 Å². The number of carbonyl (C=O) groups is 5. The van der Waals surface area contributed by atoms with Crippen molar-refractivity contribution in [2.75, 3.05) is 6.54 Å². The van der Waals surface area contributed by atoms with E-state index in [1.807, 2.05) is 41.5 Å². The summed E-state index contributed by atoms with van der Waals surface area (Å²) in [6.45, 7) is 15.7. The minimum Gasteiger partial charge on any atom is -0.363 e. The zero-order valence-electron chi connectivity index (χ0n) is 24.3. The predicted molar refractivity (Wildman–Crippen MR) is 144 cm³/mol. The summed E-state index contributed by atoms with van der Waals surface area (Å²) in [7, 11) is 0. The van der Waals surface area contributed by atoms with E-state index in [0.717, 1.165) is 25.7 Å². The quantitative estimate of drug-likeness (QED) is 0.335. The molecule has 3 aliphatic rings. The highest BCUT2D eigenvalue weighted by molar-refractivity contribution is 6.37. The van der Waals surface area contributed by atoms with Crippen molar-refractivity contribution in [3.8, 4) is 0 Å². The predicted octanol–water partition coefficient (Wildman–Crippen LogP) is 2.10. The Labute approximate surface area is 226 Å². The van der Waals surface area contributed by atoms with Crippen molar-refractivity contribution in [2.24, 2.45) is 34.3 Å². The second-order valence-corrected chi connectivity index (χ2v) is 14.2. The van der Waals surface area contributed by atoms with Crippen LogP contribution in [0.5, 0.6) is 0 Å². The van der Waals surface area contributed by atoms with Crippen LogP contribution in [-0.4, -0.2) is 64.6 Å². The van der Waals surface area contributed by atoms with Gasteiger partial charge in [-0.2, -0.15) is 0 Å². The molecule has 0 radical (unpaired) electrons. The lowest BCUT2D eigenvalue weighted by atomic mass is 9.81. The van der Waals surface area contributed by atoms with E-state index in [1.165, 1.54) is 0 Å². The Morgan fingerprint density at radius 1 is 1.00 bits per heavy atom. The minimum absolute atomic E-state index is 0.0774. The molecule has 2 aliphatic carbocycles. The van der Waals surface area contributed by atoms with Crippen LogP contribution in [0.2, 0.25) is 0 Å². The van der Waals surface area contributed by atoms with Gasteiger partial charge in [0, 0.05) is 12.1 Å². The topological polar surface area (TPSA) is 151 Å². The Morgan fingerprint density at radius 3 is 2.08 bits per heavy atom. The van der Waals surface area contributed by atoms with Gasteiger partial charge >= 0.3 is 6.03 Å². The van der Waals surface area contributed by atoms with Gasteiger partial charge in [-0.15, -0.1) is 0 Å². The first-order valence-electron chi connectivity index (χ1n) is 13.9. The molecule has 0 bridgehead atoms. The van der Waals surface area contributed by atoms with Crippen LogP contribution >= 0.6 is 0 Å². The number of hydrogen-bond donors (Lipinski definition) is 4. The van der Waals surface area contributed by atoms with Crippen LogP contribution in [0, 0.1) is 28.6 Å². The van der Waals surface area contributed by atoms with E-state index in [0.29, 0.717) is 18.9 Å². The molecule has 1 aliphatic heterocycles. The Bertz CT molecular complexity index is 975. The number of urea groups is 1. The van der Waals surface area contributed by atoms with Gasteiger partial charge in [0.2, 0.25) is 17.6 Å². The molecule has 0 aromatic rings. The van der Waals surface area contributed by atoms with Gasteiger partial charge in [0.1, 0.15) is 12.1 Å². The molecule has 1 saturated heterocycles. The molecule has 38 heavy (non-hydrogen) atoms. The number of primary amides is 1. The summed E-state index contributed by atoms with van der Waals surface area (Å²) in [5.74, 6) is -2.13. The summed E-state index contributed by atoms with van der Waals surface area (Å²) in [5, 5.41) is 8.45. The van der Waals surface area contributed by atoms with Crippen LogP contribution in [-0.2, 0) is 19.2 Å². The summed E-state index contributed by atoms with van der Waals surface area (Å²) in [6, 6.07) is -3.14. The van der Waals surface area contributed by atoms with Crippen LogP contribution in [0.4, 0.5) is 4.79 Å². The summed E-state index contributed by atoms with van der Waals surface area (Å²) < 4.78 is 0.